The van der Waals surface area contributed by atoms with Gasteiger partial charge in [-0.2, -0.15) is 0 Å². The van der Waals surface area contributed by atoms with Crippen LogP contribution in [0.1, 0.15) is 44.1 Å². The molecule has 2 rings (SSSR count). The van der Waals surface area contributed by atoms with E-state index in [2.05, 4.69) is 31.2 Å². The molecule has 0 saturated carbocycles. The van der Waals surface area contributed by atoms with Crippen LogP contribution in [0.5, 0.6) is 0 Å². The third-order valence-electron chi connectivity index (χ3n) is 3.99. The summed E-state index contributed by atoms with van der Waals surface area (Å²) in [5.74, 6) is 0.723. The largest absolute Gasteiger partial charge is 0.341 e. The van der Waals surface area contributed by atoms with Gasteiger partial charge in [0.15, 0.2) is 0 Å². The highest BCUT2D eigenvalue weighted by Crippen LogP contribution is 2.27. The van der Waals surface area contributed by atoms with Crippen LogP contribution in [-0.4, -0.2) is 29.9 Å². The first-order valence-electron chi connectivity index (χ1n) is 7.31. The highest BCUT2D eigenvalue weighted by Gasteiger charge is 2.26. The van der Waals surface area contributed by atoms with E-state index in [-0.39, 0.29) is 11.9 Å². The first-order valence-corrected chi connectivity index (χ1v) is 7.31. The van der Waals surface area contributed by atoms with Crippen LogP contribution >= 0.6 is 0 Å². The van der Waals surface area contributed by atoms with Crippen molar-refractivity contribution in [2.45, 2.75) is 44.6 Å². The number of likely N-dealkylation sites (tertiary alicyclic amines) is 1. The molecule has 1 aromatic carbocycles. The summed E-state index contributed by atoms with van der Waals surface area (Å²) in [4.78, 5) is 14.1. The predicted octanol–water partition coefficient (Wildman–Crippen LogP) is 2.52. The zero-order valence-corrected chi connectivity index (χ0v) is 11.7. The van der Waals surface area contributed by atoms with Gasteiger partial charge in [0.05, 0.1) is 6.04 Å². The van der Waals surface area contributed by atoms with Crippen LogP contribution in [0.25, 0.3) is 0 Å². The first-order chi connectivity index (χ1) is 9.22. The van der Waals surface area contributed by atoms with E-state index in [1.54, 1.807) is 0 Å². The van der Waals surface area contributed by atoms with Crippen LogP contribution in [0.3, 0.4) is 0 Å². The average molecular weight is 260 g/mol. The Morgan fingerprint density at radius 1 is 1.32 bits per heavy atom. The van der Waals surface area contributed by atoms with Gasteiger partial charge in [-0.25, -0.2) is 0 Å². The SMILES string of the molecule is CCC[C@@H](N)C(=O)N1CCC(c2ccccc2)CC1. The maximum absolute atomic E-state index is 12.1. The lowest BCUT2D eigenvalue weighted by molar-refractivity contribution is -0.133. The second-order valence-electron chi connectivity index (χ2n) is 5.41. The quantitative estimate of drug-likeness (QED) is 0.904. The van der Waals surface area contributed by atoms with Gasteiger partial charge in [-0.05, 0) is 30.7 Å². The Labute approximate surface area is 115 Å². The van der Waals surface area contributed by atoms with Crippen molar-refractivity contribution in [3.05, 3.63) is 35.9 Å². The Morgan fingerprint density at radius 2 is 1.95 bits per heavy atom. The highest BCUT2D eigenvalue weighted by molar-refractivity contribution is 5.81. The van der Waals surface area contributed by atoms with E-state index in [9.17, 15) is 4.79 Å². The molecule has 0 unspecified atom stereocenters. The topological polar surface area (TPSA) is 46.3 Å². The lowest BCUT2D eigenvalue weighted by atomic mass is 9.89. The number of nitrogens with two attached hydrogens (primary N) is 1. The first kappa shape index (κ1) is 14.1. The fraction of sp³-hybridized carbons (Fsp3) is 0.562. The summed E-state index contributed by atoms with van der Waals surface area (Å²) < 4.78 is 0. The van der Waals surface area contributed by atoms with Crippen molar-refractivity contribution >= 4 is 5.91 Å². The van der Waals surface area contributed by atoms with E-state index >= 15 is 0 Å². The Bertz CT molecular complexity index is 396. The summed E-state index contributed by atoms with van der Waals surface area (Å²) in [7, 11) is 0. The molecule has 1 heterocycles. The molecular weight excluding hydrogens is 236 g/mol. The Hall–Kier alpha value is -1.35. The van der Waals surface area contributed by atoms with Crippen LogP contribution < -0.4 is 5.73 Å². The molecule has 1 aliphatic rings. The van der Waals surface area contributed by atoms with Crippen molar-refractivity contribution in [1.82, 2.24) is 4.90 Å². The summed E-state index contributed by atoms with van der Waals surface area (Å²) in [6.45, 7) is 3.75. The van der Waals surface area contributed by atoms with E-state index in [4.69, 9.17) is 5.73 Å². The zero-order chi connectivity index (χ0) is 13.7. The van der Waals surface area contributed by atoms with Gasteiger partial charge < -0.3 is 10.6 Å². The summed E-state index contributed by atoms with van der Waals surface area (Å²) in [6, 6.07) is 10.3. The van der Waals surface area contributed by atoms with Crippen LogP contribution in [0.2, 0.25) is 0 Å². The third kappa shape index (κ3) is 3.57. The number of nitrogens with zero attached hydrogens (tertiary/aromatic N) is 1. The smallest absolute Gasteiger partial charge is 0.239 e. The number of piperidine rings is 1. The van der Waals surface area contributed by atoms with Crippen molar-refractivity contribution < 1.29 is 4.79 Å². The van der Waals surface area contributed by atoms with Crippen LogP contribution in [0.4, 0.5) is 0 Å². The maximum Gasteiger partial charge on any atom is 0.239 e. The Morgan fingerprint density at radius 3 is 2.53 bits per heavy atom. The molecule has 1 fully saturated rings. The Kier molecular flexibility index (Phi) is 4.97. The molecule has 2 N–H and O–H groups in total. The standard InChI is InChI=1S/C16H24N2O/c1-2-6-15(17)16(19)18-11-9-14(10-12-18)13-7-4-3-5-8-13/h3-5,7-8,14-15H,2,6,9-12,17H2,1H3/t15-/m1/s1. The molecule has 1 atom stereocenters. The third-order valence-corrected chi connectivity index (χ3v) is 3.99. The van der Waals surface area contributed by atoms with E-state index < -0.39 is 0 Å². The highest BCUT2D eigenvalue weighted by atomic mass is 16.2. The molecule has 19 heavy (non-hydrogen) atoms. The number of carbonyl (C=O) groups excluding carboxylic acids is 1. The van der Waals surface area contributed by atoms with Crippen molar-refractivity contribution in [3.63, 3.8) is 0 Å². The number of carbonyl (C=O) groups is 1. The molecule has 104 valence electrons. The second kappa shape index (κ2) is 6.71. The molecule has 1 saturated heterocycles. The molecule has 0 bridgehead atoms. The van der Waals surface area contributed by atoms with Gasteiger partial charge in [0.2, 0.25) is 5.91 Å². The minimum absolute atomic E-state index is 0.133. The summed E-state index contributed by atoms with van der Waals surface area (Å²) in [5.41, 5.74) is 7.31. The number of hydrogen-bond donors (Lipinski definition) is 1. The van der Waals surface area contributed by atoms with Gasteiger partial charge in [0, 0.05) is 13.1 Å². The minimum Gasteiger partial charge on any atom is -0.341 e. The van der Waals surface area contributed by atoms with Gasteiger partial charge in [0.1, 0.15) is 0 Å². The molecule has 0 aliphatic carbocycles. The van der Waals surface area contributed by atoms with E-state index in [0.717, 1.165) is 38.8 Å². The zero-order valence-electron chi connectivity index (χ0n) is 11.7. The molecule has 3 nitrogen and oxygen atoms in total. The van der Waals surface area contributed by atoms with Crippen molar-refractivity contribution in [2.24, 2.45) is 5.73 Å². The van der Waals surface area contributed by atoms with Crippen molar-refractivity contribution in [1.29, 1.82) is 0 Å². The maximum atomic E-state index is 12.1. The normalized spacial score (nSPS) is 18.3. The van der Waals surface area contributed by atoms with E-state index in [1.165, 1.54) is 5.56 Å². The summed E-state index contributed by atoms with van der Waals surface area (Å²) >= 11 is 0. The fourth-order valence-corrected chi connectivity index (χ4v) is 2.83. The molecule has 3 heteroatoms. The summed E-state index contributed by atoms with van der Waals surface area (Å²) in [6.07, 6.45) is 3.86. The van der Waals surface area contributed by atoms with Gasteiger partial charge in [-0.3, -0.25) is 4.79 Å². The fourth-order valence-electron chi connectivity index (χ4n) is 2.83. The lowest BCUT2D eigenvalue weighted by Crippen LogP contribution is -2.46. The van der Waals surface area contributed by atoms with Crippen molar-refractivity contribution in [2.75, 3.05) is 13.1 Å². The average Bonchev–Trinajstić information content (AvgIpc) is 2.48. The van der Waals surface area contributed by atoms with Gasteiger partial charge in [0.25, 0.3) is 0 Å². The van der Waals surface area contributed by atoms with E-state index in [1.807, 2.05) is 11.0 Å². The Balaban J connectivity index is 1.87. The molecule has 0 spiro atoms. The molecule has 1 aromatic rings. The van der Waals surface area contributed by atoms with Crippen LogP contribution in [0, 0.1) is 0 Å². The van der Waals surface area contributed by atoms with Gasteiger partial charge in [-0.1, -0.05) is 43.7 Å². The second-order valence-corrected chi connectivity index (χ2v) is 5.41. The molecule has 1 amide bonds. The number of hydrogen-bond acceptors (Lipinski definition) is 2. The molecule has 0 aromatic heterocycles. The predicted molar refractivity (Wildman–Crippen MR) is 77.9 cm³/mol. The lowest BCUT2D eigenvalue weighted by Gasteiger charge is -2.33. The van der Waals surface area contributed by atoms with E-state index in [0.29, 0.717) is 5.92 Å². The van der Waals surface area contributed by atoms with Gasteiger partial charge in [-0.15, -0.1) is 0 Å². The molecule has 1 aliphatic heterocycles. The van der Waals surface area contributed by atoms with Crippen molar-refractivity contribution in [3.8, 4) is 0 Å². The van der Waals surface area contributed by atoms with Crippen LogP contribution in [-0.2, 0) is 4.79 Å². The number of rotatable bonds is 4. The summed E-state index contributed by atoms with van der Waals surface area (Å²) in [5, 5.41) is 0. The molecular formula is C16H24N2O. The number of benzene rings is 1. The minimum atomic E-state index is -0.307. The van der Waals surface area contributed by atoms with Crippen LogP contribution in [0.15, 0.2) is 30.3 Å². The molecule has 0 radical (unpaired) electrons. The van der Waals surface area contributed by atoms with Gasteiger partial charge >= 0.3 is 0 Å². The number of amides is 1. The monoisotopic (exact) mass is 260 g/mol.